The lowest BCUT2D eigenvalue weighted by molar-refractivity contribution is 0.111. The van der Waals surface area contributed by atoms with E-state index in [1.54, 1.807) is 0 Å². The van der Waals surface area contributed by atoms with E-state index < -0.39 is 0 Å². The Morgan fingerprint density at radius 2 is 1.85 bits per heavy atom. The van der Waals surface area contributed by atoms with Crippen LogP contribution in [-0.2, 0) is 0 Å². The van der Waals surface area contributed by atoms with Gasteiger partial charge in [0.1, 0.15) is 0 Å². The zero-order valence-corrected chi connectivity index (χ0v) is 9.80. The van der Waals surface area contributed by atoms with E-state index in [0.717, 1.165) is 6.67 Å². The van der Waals surface area contributed by atoms with Crippen molar-refractivity contribution in [3.8, 4) is 0 Å². The first kappa shape index (κ1) is 11.0. The van der Waals surface area contributed by atoms with Crippen molar-refractivity contribution in [2.24, 2.45) is 0 Å². The Balaban J connectivity index is 2.49. The summed E-state index contributed by atoms with van der Waals surface area (Å²) in [6.45, 7) is 15.1. The van der Waals surface area contributed by atoms with Crippen molar-refractivity contribution in [1.29, 1.82) is 0 Å². The van der Waals surface area contributed by atoms with Gasteiger partial charge in [0, 0.05) is 24.7 Å². The molecular formula is C11H24N2. The minimum Gasteiger partial charge on any atom is -0.287 e. The maximum Gasteiger partial charge on any atom is 0.0514 e. The van der Waals surface area contributed by atoms with Gasteiger partial charge in [-0.3, -0.25) is 9.80 Å². The highest BCUT2D eigenvalue weighted by Crippen LogP contribution is 2.22. The molecule has 1 aliphatic heterocycles. The molecule has 1 aliphatic rings. The summed E-state index contributed by atoms with van der Waals surface area (Å²) in [5.41, 5.74) is 0.379. The Bertz CT molecular complexity index is 163. The van der Waals surface area contributed by atoms with Crippen LogP contribution in [0.1, 0.15) is 41.0 Å². The van der Waals surface area contributed by atoms with Gasteiger partial charge in [0.2, 0.25) is 0 Å². The van der Waals surface area contributed by atoms with Gasteiger partial charge in [-0.05, 0) is 34.1 Å². The van der Waals surface area contributed by atoms with Gasteiger partial charge in [0.15, 0.2) is 0 Å². The van der Waals surface area contributed by atoms with Crippen molar-refractivity contribution in [2.45, 2.75) is 52.6 Å². The molecular weight excluding hydrogens is 160 g/mol. The van der Waals surface area contributed by atoms with E-state index in [2.05, 4.69) is 44.4 Å². The molecule has 0 unspecified atom stereocenters. The lowest BCUT2D eigenvalue weighted by Crippen LogP contribution is -2.43. The van der Waals surface area contributed by atoms with E-state index >= 15 is 0 Å². The van der Waals surface area contributed by atoms with E-state index in [1.807, 2.05) is 0 Å². The third-order valence-corrected chi connectivity index (χ3v) is 3.46. The lowest BCUT2D eigenvalue weighted by Gasteiger charge is -2.35. The highest BCUT2D eigenvalue weighted by molar-refractivity contribution is 4.85. The highest BCUT2D eigenvalue weighted by atomic mass is 15.4. The predicted molar refractivity (Wildman–Crippen MR) is 57.8 cm³/mol. The summed E-state index contributed by atoms with van der Waals surface area (Å²) in [7, 11) is 0. The van der Waals surface area contributed by atoms with Crippen LogP contribution in [0, 0.1) is 0 Å². The Morgan fingerprint density at radius 1 is 1.23 bits per heavy atom. The third kappa shape index (κ3) is 2.44. The smallest absolute Gasteiger partial charge is 0.0514 e. The molecule has 0 aromatic heterocycles. The van der Waals surface area contributed by atoms with Crippen molar-refractivity contribution in [3.05, 3.63) is 0 Å². The Morgan fingerprint density at radius 3 is 2.23 bits per heavy atom. The molecule has 0 radical (unpaired) electrons. The molecule has 0 aliphatic carbocycles. The topological polar surface area (TPSA) is 6.48 Å². The molecule has 1 saturated heterocycles. The quantitative estimate of drug-likeness (QED) is 0.663. The van der Waals surface area contributed by atoms with Gasteiger partial charge in [0.25, 0.3) is 0 Å². The average Bonchev–Trinajstić information content (AvgIpc) is 2.52. The Hall–Kier alpha value is -0.0800. The molecule has 0 atom stereocenters. The van der Waals surface area contributed by atoms with E-state index in [1.165, 1.54) is 19.5 Å². The van der Waals surface area contributed by atoms with E-state index in [4.69, 9.17) is 0 Å². The van der Waals surface area contributed by atoms with Crippen molar-refractivity contribution >= 4 is 0 Å². The zero-order valence-electron chi connectivity index (χ0n) is 9.80. The molecule has 1 rings (SSSR count). The largest absolute Gasteiger partial charge is 0.287 e. The molecule has 13 heavy (non-hydrogen) atoms. The fraction of sp³-hybridized carbons (Fsp3) is 1.00. The SMILES string of the molecule is CCC(C)(C)N1CCN(C(C)C)C1. The second kappa shape index (κ2) is 3.97. The van der Waals surface area contributed by atoms with Crippen LogP contribution >= 0.6 is 0 Å². The van der Waals surface area contributed by atoms with Gasteiger partial charge in [-0.25, -0.2) is 0 Å². The molecule has 0 saturated carbocycles. The fourth-order valence-electron chi connectivity index (χ4n) is 1.75. The monoisotopic (exact) mass is 184 g/mol. The standard InChI is InChI=1S/C11H24N2/c1-6-11(4,5)13-8-7-12(9-13)10(2)3/h10H,6-9H2,1-5H3. The van der Waals surface area contributed by atoms with Gasteiger partial charge >= 0.3 is 0 Å². The van der Waals surface area contributed by atoms with Crippen LogP contribution in [0.25, 0.3) is 0 Å². The molecule has 0 bridgehead atoms. The van der Waals surface area contributed by atoms with Gasteiger partial charge in [-0.15, -0.1) is 0 Å². The van der Waals surface area contributed by atoms with Gasteiger partial charge in [-0.2, -0.15) is 0 Å². The molecule has 0 N–H and O–H groups in total. The highest BCUT2D eigenvalue weighted by Gasteiger charge is 2.31. The maximum absolute atomic E-state index is 2.59. The van der Waals surface area contributed by atoms with Crippen molar-refractivity contribution < 1.29 is 0 Å². The summed E-state index contributed by atoms with van der Waals surface area (Å²) in [5.74, 6) is 0. The molecule has 0 aromatic carbocycles. The van der Waals surface area contributed by atoms with Gasteiger partial charge in [-0.1, -0.05) is 6.92 Å². The average molecular weight is 184 g/mol. The fourth-order valence-corrected chi connectivity index (χ4v) is 1.75. The Kier molecular flexibility index (Phi) is 3.36. The third-order valence-electron chi connectivity index (χ3n) is 3.46. The summed E-state index contributed by atoms with van der Waals surface area (Å²) < 4.78 is 0. The summed E-state index contributed by atoms with van der Waals surface area (Å²) in [4.78, 5) is 5.13. The summed E-state index contributed by atoms with van der Waals surface area (Å²) in [5, 5.41) is 0. The summed E-state index contributed by atoms with van der Waals surface area (Å²) in [6.07, 6.45) is 1.24. The number of rotatable bonds is 3. The molecule has 0 aromatic rings. The van der Waals surface area contributed by atoms with Gasteiger partial charge < -0.3 is 0 Å². The van der Waals surface area contributed by atoms with Crippen LogP contribution in [0.15, 0.2) is 0 Å². The first-order valence-electron chi connectivity index (χ1n) is 5.46. The zero-order chi connectivity index (χ0) is 10.1. The number of nitrogens with zero attached hydrogens (tertiary/aromatic N) is 2. The van der Waals surface area contributed by atoms with Crippen molar-refractivity contribution in [1.82, 2.24) is 9.80 Å². The Labute approximate surface area is 82.9 Å². The molecule has 0 spiro atoms. The second-order valence-electron chi connectivity index (χ2n) is 4.98. The van der Waals surface area contributed by atoms with Gasteiger partial charge in [0.05, 0.1) is 6.67 Å². The van der Waals surface area contributed by atoms with Crippen LogP contribution in [0.4, 0.5) is 0 Å². The second-order valence-corrected chi connectivity index (χ2v) is 4.98. The van der Waals surface area contributed by atoms with Crippen LogP contribution in [-0.4, -0.2) is 41.1 Å². The molecule has 1 heterocycles. The minimum atomic E-state index is 0.379. The maximum atomic E-state index is 2.59. The van der Waals surface area contributed by atoms with E-state index in [9.17, 15) is 0 Å². The van der Waals surface area contributed by atoms with E-state index in [-0.39, 0.29) is 0 Å². The van der Waals surface area contributed by atoms with Crippen molar-refractivity contribution in [3.63, 3.8) is 0 Å². The molecule has 0 amide bonds. The minimum absolute atomic E-state index is 0.379. The van der Waals surface area contributed by atoms with Crippen LogP contribution in [0.5, 0.6) is 0 Å². The van der Waals surface area contributed by atoms with Crippen LogP contribution < -0.4 is 0 Å². The summed E-state index contributed by atoms with van der Waals surface area (Å²) >= 11 is 0. The van der Waals surface area contributed by atoms with Crippen molar-refractivity contribution in [2.75, 3.05) is 19.8 Å². The molecule has 78 valence electrons. The van der Waals surface area contributed by atoms with Crippen LogP contribution in [0.3, 0.4) is 0 Å². The number of hydrogen-bond acceptors (Lipinski definition) is 2. The molecule has 2 heteroatoms. The van der Waals surface area contributed by atoms with E-state index in [0.29, 0.717) is 11.6 Å². The predicted octanol–water partition coefficient (Wildman–Crippen LogP) is 2.16. The molecule has 1 fully saturated rings. The first-order chi connectivity index (χ1) is 5.97. The lowest BCUT2D eigenvalue weighted by atomic mass is 10.0. The van der Waals surface area contributed by atoms with Crippen LogP contribution in [0.2, 0.25) is 0 Å². The first-order valence-corrected chi connectivity index (χ1v) is 5.46. The summed E-state index contributed by atoms with van der Waals surface area (Å²) in [6, 6.07) is 0.692. The normalized spacial score (nSPS) is 21.7. The molecule has 2 nitrogen and oxygen atoms in total. The number of hydrogen-bond donors (Lipinski definition) is 0.